The lowest BCUT2D eigenvalue weighted by atomic mass is 9.65. The van der Waals surface area contributed by atoms with Crippen molar-refractivity contribution in [1.82, 2.24) is 4.90 Å². The summed E-state index contributed by atoms with van der Waals surface area (Å²) in [6.07, 6.45) is 5.35. The molecule has 2 fully saturated rings. The minimum absolute atomic E-state index is 0. The number of benzene rings is 1. The van der Waals surface area contributed by atoms with E-state index in [9.17, 15) is 9.18 Å². The van der Waals surface area contributed by atoms with Crippen LogP contribution in [0.1, 0.15) is 37.7 Å². The Hall–Kier alpha value is -1.13. The van der Waals surface area contributed by atoms with Crippen LogP contribution < -0.4 is 5.73 Å². The summed E-state index contributed by atoms with van der Waals surface area (Å²) in [6, 6.07) is 6.93. The summed E-state index contributed by atoms with van der Waals surface area (Å²) in [5.41, 5.74) is 6.87. The predicted octanol–water partition coefficient (Wildman–Crippen LogP) is 3.36. The number of carbonyl (C=O) groups is 1. The molecule has 2 atom stereocenters. The third-order valence-electron chi connectivity index (χ3n) is 5.50. The zero-order chi connectivity index (χ0) is 15.7. The number of amides is 1. The number of fused-ring (bicyclic) bond motifs is 2. The Morgan fingerprint density at radius 3 is 2.48 bits per heavy atom. The molecular formula is C18H26ClFN2O. The van der Waals surface area contributed by atoms with Crippen molar-refractivity contribution in [3.05, 3.63) is 35.6 Å². The SMILES string of the molecule is CN(Cc1ccccc1F)C(=O)C1CC2CCCC(C1)C2N.Cl. The van der Waals surface area contributed by atoms with Crippen LogP contribution in [-0.4, -0.2) is 23.9 Å². The van der Waals surface area contributed by atoms with Crippen molar-refractivity contribution < 1.29 is 9.18 Å². The monoisotopic (exact) mass is 340 g/mol. The minimum Gasteiger partial charge on any atom is -0.341 e. The second kappa shape index (κ2) is 7.63. The average molecular weight is 341 g/mol. The highest BCUT2D eigenvalue weighted by molar-refractivity contribution is 5.85. The Morgan fingerprint density at radius 1 is 1.26 bits per heavy atom. The van der Waals surface area contributed by atoms with Gasteiger partial charge in [-0.15, -0.1) is 12.4 Å². The molecule has 3 nitrogen and oxygen atoms in total. The topological polar surface area (TPSA) is 46.3 Å². The lowest BCUT2D eigenvalue weighted by Gasteiger charge is -2.44. The second-order valence-electron chi connectivity index (χ2n) is 6.98. The summed E-state index contributed by atoms with van der Waals surface area (Å²) in [4.78, 5) is 14.4. The third-order valence-corrected chi connectivity index (χ3v) is 5.50. The Kier molecular flexibility index (Phi) is 6.04. The van der Waals surface area contributed by atoms with E-state index in [1.54, 1.807) is 30.1 Å². The molecule has 0 spiro atoms. The largest absolute Gasteiger partial charge is 0.341 e. The van der Waals surface area contributed by atoms with E-state index in [0.717, 1.165) is 25.7 Å². The first kappa shape index (κ1) is 18.2. The molecule has 5 heteroatoms. The van der Waals surface area contributed by atoms with Crippen molar-refractivity contribution in [3.63, 3.8) is 0 Å². The molecule has 2 N–H and O–H groups in total. The Labute approximate surface area is 143 Å². The van der Waals surface area contributed by atoms with Gasteiger partial charge in [0, 0.05) is 31.1 Å². The van der Waals surface area contributed by atoms with E-state index in [1.807, 2.05) is 0 Å². The van der Waals surface area contributed by atoms with Gasteiger partial charge in [-0.1, -0.05) is 24.6 Å². The van der Waals surface area contributed by atoms with E-state index in [-0.39, 0.29) is 36.1 Å². The van der Waals surface area contributed by atoms with Crippen molar-refractivity contribution in [2.24, 2.45) is 23.5 Å². The van der Waals surface area contributed by atoms with Crippen molar-refractivity contribution >= 4 is 18.3 Å². The third kappa shape index (κ3) is 3.86. The van der Waals surface area contributed by atoms with E-state index in [2.05, 4.69) is 0 Å². The van der Waals surface area contributed by atoms with Crippen LogP contribution in [0.25, 0.3) is 0 Å². The predicted molar refractivity (Wildman–Crippen MR) is 91.7 cm³/mol. The highest BCUT2D eigenvalue weighted by Gasteiger charge is 2.41. The Balaban J connectivity index is 0.00000192. The van der Waals surface area contributed by atoms with E-state index in [4.69, 9.17) is 5.73 Å². The summed E-state index contributed by atoms with van der Waals surface area (Å²) in [5, 5.41) is 0. The standard InChI is InChI=1S/C18H25FN2O.ClH/c1-21(11-14-5-2-3-8-16(14)19)18(22)15-9-12-6-4-7-13(10-15)17(12)20;/h2-3,5,8,12-13,15,17H,4,6-7,9-11,20H2,1H3;1H. The quantitative estimate of drug-likeness (QED) is 0.917. The fourth-order valence-corrected chi connectivity index (χ4v) is 4.26. The number of rotatable bonds is 3. The smallest absolute Gasteiger partial charge is 0.225 e. The van der Waals surface area contributed by atoms with Crippen LogP contribution in [0.2, 0.25) is 0 Å². The molecule has 3 rings (SSSR count). The zero-order valence-electron chi connectivity index (χ0n) is 13.6. The van der Waals surface area contributed by atoms with Crippen LogP contribution in [0.15, 0.2) is 24.3 Å². The molecule has 1 aromatic rings. The molecular weight excluding hydrogens is 315 g/mol. The summed E-state index contributed by atoms with van der Waals surface area (Å²) >= 11 is 0. The molecule has 1 amide bonds. The molecule has 2 unspecified atom stereocenters. The van der Waals surface area contributed by atoms with E-state index < -0.39 is 0 Å². The average Bonchev–Trinajstić information content (AvgIpc) is 2.48. The number of halogens is 2. The van der Waals surface area contributed by atoms with Gasteiger partial charge in [-0.3, -0.25) is 4.79 Å². The van der Waals surface area contributed by atoms with Crippen LogP contribution in [0.5, 0.6) is 0 Å². The molecule has 0 aromatic heterocycles. The molecule has 0 heterocycles. The van der Waals surface area contributed by atoms with Gasteiger partial charge in [-0.05, 0) is 43.6 Å². The summed E-state index contributed by atoms with van der Waals surface area (Å²) in [5.74, 6) is 0.940. The molecule has 0 saturated heterocycles. The molecule has 2 saturated carbocycles. The van der Waals surface area contributed by atoms with Crippen LogP contribution in [-0.2, 0) is 11.3 Å². The molecule has 2 aliphatic rings. The normalized spacial score (nSPS) is 29.5. The van der Waals surface area contributed by atoms with Crippen molar-refractivity contribution in [1.29, 1.82) is 0 Å². The highest BCUT2D eigenvalue weighted by Crippen LogP contribution is 2.42. The van der Waals surface area contributed by atoms with Gasteiger partial charge in [0.2, 0.25) is 5.91 Å². The molecule has 2 bridgehead atoms. The molecule has 128 valence electrons. The Morgan fingerprint density at radius 2 is 1.87 bits per heavy atom. The number of carbonyl (C=O) groups excluding carboxylic acids is 1. The maximum absolute atomic E-state index is 13.7. The van der Waals surface area contributed by atoms with Crippen LogP contribution in [0.3, 0.4) is 0 Å². The van der Waals surface area contributed by atoms with Gasteiger partial charge in [0.15, 0.2) is 0 Å². The summed E-state index contributed by atoms with van der Waals surface area (Å²) in [6.45, 7) is 0.337. The molecule has 23 heavy (non-hydrogen) atoms. The minimum atomic E-state index is -0.246. The lowest BCUT2D eigenvalue weighted by molar-refractivity contribution is -0.137. The Bertz CT molecular complexity index is 540. The zero-order valence-corrected chi connectivity index (χ0v) is 14.4. The first-order chi connectivity index (χ1) is 10.6. The van der Waals surface area contributed by atoms with Gasteiger partial charge in [0.05, 0.1) is 0 Å². The van der Waals surface area contributed by atoms with E-state index >= 15 is 0 Å². The van der Waals surface area contributed by atoms with Crippen molar-refractivity contribution in [3.8, 4) is 0 Å². The first-order valence-corrected chi connectivity index (χ1v) is 8.30. The van der Waals surface area contributed by atoms with Crippen LogP contribution in [0.4, 0.5) is 4.39 Å². The maximum atomic E-state index is 13.7. The fraction of sp³-hybridized carbons (Fsp3) is 0.611. The van der Waals surface area contributed by atoms with Gasteiger partial charge in [0.25, 0.3) is 0 Å². The number of hydrogen-bond acceptors (Lipinski definition) is 2. The molecule has 1 aromatic carbocycles. The maximum Gasteiger partial charge on any atom is 0.225 e. The van der Waals surface area contributed by atoms with Crippen molar-refractivity contribution in [2.45, 2.75) is 44.7 Å². The van der Waals surface area contributed by atoms with E-state index in [0.29, 0.717) is 23.9 Å². The molecule has 0 aliphatic heterocycles. The highest BCUT2D eigenvalue weighted by atomic mass is 35.5. The summed E-state index contributed by atoms with van der Waals surface area (Å²) in [7, 11) is 1.78. The molecule has 2 aliphatic carbocycles. The van der Waals surface area contributed by atoms with E-state index in [1.165, 1.54) is 12.5 Å². The summed E-state index contributed by atoms with van der Waals surface area (Å²) < 4.78 is 13.7. The molecule has 0 radical (unpaired) electrons. The lowest BCUT2D eigenvalue weighted by Crippen LogP contribution is -2.49. The number of hydrogen-bond donors (Lipinski definition) is 1. The van der Waals surface area contributed by atoms with Crippen LogP contribution in [0, 0.1) is 23.6 Å². The fourth-order valence-electron chi connectivity index (χ4n) is 4.26. The van der Waals surface area contributed by atoms with Gasteiger partial charge >= 0.3 is 0 Å². The van der Waals surface area contributed by atoms with Gasteiger partial charge < -0.3 is 10.6 Å². The van der Waals surface area contributed by atoms with Crippen molar-refractivity contribution in [2.75, 3.05) is 7.05 Å². The van der Waals surface area contributed by atoms with Gasteiger partial charge in [0.1, 0.15) is 5.82 Å². The van der Waals surface area contributed by atoms with Gasteiger partial charge in [-0.2, -0.15) is 0 Å². The first-order valence-electron chi connectivity index (χ1n) is 8.30. The number of nitrogens with zero attached hydrogens (tertiary/aromatic N) is 1. The van der Waals surface area contributed by atoms with Gasteiger partial charge in [-0.25, -0.2) is 4.39 Å². The second-order valence-corrected chi connectivity index (χ2v) is 6.98. The number of nitrogens with two attached hydrogens (primary N) is 1. The van der Waals surface area contributed by atoms with Crippen LogP contribution >= 0.6 is 12.4 Å².